The SMILES string of the molecule is CN(C)[C@@H]1C(O)=C(C(N)=O)C(=O)[C@@]2(O)C(O)=C3C(=O)c4c(O)cccc4/C(=C\c4ccc(Cl)cc4)[C@H]3[C@H](O)[C@@H]12. The fourth-order valence-corrected chi connectivity index (χ4v) is 6.18. The Morgan fingerprint density at radius 1 is 1.08 bits per heavy atom. The average molecular weight is 553 g/mol. The van der Waals surface area contributed by atoms with Crippen LogP contribution in [-0.4, -0.2) is 79.7 Å². The van der Waals surface area contributed by atoms with Gasteiger partial charge in [0, 0.05) is 10.9 Å². The van der Waals surface area contributed by atoms with Gasteiger partial charge >= 0.3 is 0 Å². The Bertz CT molecular complexity index is 1540. The summed E-state index contributed by atoms with van der Waals surface area (Å²) in [5.41, 5.74) is 1.85. The minimum atomic E-state index is -2.99. The number of fused-ring (bicyclic) bond motifs is 3. The molecule has 1 amide bonds. The third kappa shape index (κ3) is 3.64. The van der Waals surface area contributed by atoms with E-state index in [-0.39, 0.29) is 11.1 Å². The molecule has 2 aromatic carbocycles. The van der Waals surface area contributed by atoms with E-state index in [9.17, 15) is 39.9 Å². The summed E-state index contributed by atoms with van der Waals surface area (Å²) in [6.45, 7) is 0. The van der Waals surface area contributed by atoms with Crippen molar-refractivity contribution >= 4 is 40.7 Å². The summed E-state index contributed by atoms with van der Waals surface area (Å²) in [7, 11) is 2.95. The van der Waals surface area contributed by atoms with Crippen LogP contribution in [0.15, 0.2) is 65.1 Å². The predicted octanol–water partition coefficient (Wildman–Crippen LogP) is 1.74. The maximum absolute atomic E-state index is 13.8. The number of carbonyl (C=O) groups is 3. The van der Waals surface area contributed by atoms with Crippen LogP contribution in [0.4, 0.5) is 0 Å². The summed E-state index contributed by atoms with van der Waals surface area (Å²) in [5.74, 6) is -8.93. The van der Waals surface area contributed by atoms with Crippen LogP contribution in [0.3, 0.4) is 0 Å². The lowest BCUT2D eigenvalue weighted by molar-refractivity contribution is -0.159. The van der Waals surface area contributed by atoms with E-state index in [0.29, 0.717) is 16.2 Å². The van der Waals surface area contributed by atoms with E-state index < -0.39 is 75.5 Å². The van der Waals surface area contributed by atoms with Crippen LogP contribution in [0.25, 0.3) is 11.6 Å². The Labute approximate surface area is 227 Å². The lowest BCUT2D eigenvalue weighted by Crippen LogP contribution is -2.68. The van der Waals surface area contributed by atoms with Crippen molar-refractivity contribution in [2.45, 2.75) is 17.7 Å². The maximum atomic E-state index is 13.8. The molecule has 2 aromatic rings. The zero-order valence-corrected chi connectivity index (χ0v) is 21.5. The van der Waals surface area contributed by atoms with Gasteiger partial charge in [-0.2, -0.15) is 0 Å². The number of likely N-dealkylation sites (N-methyl/N-ethyl adjacent to an activating group) is 1. The van der Waals surface area contributed by atoms with Crippen LogP contribution >= 0.6 is 11.6 Å². The molecule has 202 valence electrons. The van der Waals surface area contributed by atoms with Gasteiger partial charge in [-0.05, 0) is 49.0 Å². The second-order valence-corrected chi connectivity index (χ2v) is 10.5. The summed E-state index contributed by atoms with van der Waals surface area (Å²) in [4.78, 5) is 40.8. The lowest BCUT2D eigenvalue weighted by atomic mass is 9.56. The highest BCUT2D eigenvalue weighted by atomic mass is 35.5. The molecule has 39 heavy (non-hydrogen) atoms. The first kappa shape index (κ1) is 26.6. The van der Waals surface area contributed by atoms with Crippen LogP contribution in [0.5, 0.6) is 5.75 Å². The third-order valence-corrected chi connectivity index (χ3v) is 7.98. The first-order valence-corrected chi connectivity index (χ1v) is 12.3. The van der Waals surface area contributed by atoms with Gasteiger partial charge < -0.3 is 31.3 Å². The number of aliphatic hydroxyl groups excluding tert-OH is 3. The van der Waals surface area contributed by atoms with Crippen LogP contribution in [0.2, 0.25) is 5.02 Å². The standard InChI is InChI=1S/C28H25ClN2O8/c1-31(2)21-20-23(34)17-14(10-11-6-8-12(29)9-7-11)13-4-3-5-15(32)16(13)22(33)18(17)25(36)28(20,39)26(37)19(24(21)35)27(30)38/h3-10,17,20-21,23,32,34-36,39H,1-2H3,(H2,30,38)/b14-10+/t17-,20-,21+,23+,28+/m1/s1. The summed E-state index contributed by atoms with van der Waals surface area (Å²) in [5, 5.41) is 57.2. The number of phenols is 1. The van der Waals surface area contributed by atoms with Crippen molar-refractivity contribution in [3.63, 3.8) is 0 Å². The first-order valence-electron chi connectivity index (χ1n) is 11.9. The fourth-order valence-electron chi connectivity index (χ4n) is 6.05. The molecule has 0 spiro atoms. The Morgan fingerprint density at radius 3 is 2.31 bits per heavy atom. The smallest absolute Gasteiger partial charge is 0.255 e. The van der Waals surface area contributed by atoms with Gasteiger partial charge in [-0.25, -0.2) is 0 Å². The van der Waals surface area contributed by atoms with Crippen molar-refractivity contribution in [2.75, 3.05) is 14.1 Å². The van der Waals surface area contributed by atoms with Gasteiger partial charge in [-0.1, -0.05) is 41.9 Å². The van der Waals surface area contributed by atoms with Crippen LogP contribution in [0, 0.1) is 11.8 Å². The number of phenolic OH excluding ortho intramolecular Hbond substituents is 1. The van der Waals surface area contributed by atoms with Crippen LogP contribution in [0.1, 0.15) is 21.5 Å². The molecule has 3 aliphatic rings. The lowest BCUT2D eigenvalue weighted by Gasteiger charge is -2.52. The molecule has 5 atom stereocenters. The number of nitrogens with two attached hydrogens (primary N) is 1. The molecule has 0 radical (unpaired) electrons. The van der Waals surface area contributed by atoms with E-state index >= 15 is 0 Å². The van der Waals surface area contributed by atoms with E-state index in [0.717, 1.165) is 0 Å². The molecular formula is C28H25ClN2O8. The van der Waals surface area contributed by atoms with Gasteiger partial charge in [0.2, 0.25) is 5.78 Å². The molecular weight excluding hydrogens is 528 g/mol. The Balaban J connectivity index is 1.86. The minimum Gasteiger partial charge on any atom is -0.510 e. The molecule has 0 heterocycles. The number of Topliss-reactive ketones (excluding diaryl/α,β-unsaturated/α-hetero) is 2. The normalized spacial score (nSPS) is 29.4. The van der Waals surface area contributed by atoms with Crippen molar-refractivity contribution in [1.82, 2.24) is 4.90 Å². The van der Waals surface area contributed by atoms with Crippen molar-refractivity contribution in [1.29, 1.82) is 0 Å². The van der Waals surface area contributed by atoms with Crippen molar-refractivity contribution in [3.05, 3.63) is 86.8 Å². The van der Waals surface area contributed by atoms with Gasteiger partial charge in [0.05, 0.1) is 29.2 Å². The molecule has 5 rings (SSSR count). The number of aliphatic hydroxyl groups is 4. The van der Waals surface area contributed by atoms with Gasteiger partial charge in [0.1, 0.15) is 22.8 Å². The van der Waals surface area contributed by atoms with Crippen molar-refractivity contribution in [2.24, 2.45) is 17.6 Å². The number of rotatable bonds is 3. The minimum absolute atomic E-state index is 0.203. The number of nitrogens with zero attached hydrogens (tertiary/aromatic N) is 1. The molecule has 0 unspecified atom stereocenters. The number of aromatic hydroxyl groups is 1. The number of carbonyl (C=O) groups excluding carboxylic acids is 3. The summed E-state index contributed by atoms with van der Waals surface area (Å²) in [6.07, 6.45) is -0.112. The van der Waals surface area contributed by atoms with E-state index in [1.54, 1.807) is 36.4 Å². The van der Waals surface area contributed by atoms with E-state index in [4.69, 9.17) is 17.3 Å². The maximum Gasteiger partial charge on any atom is 0.255 e. The number of primary amides is 1. The molecule has 0 aromatic heterocycles. The quantitative estimate of drug-likeness (QED) is 0.309. The highest BCUT2D eigenvalue weighted by molar-refractivity contribution is 6.30. The van der Waals surface area contributed by atoms with Crippen LogP contribution < -0.4 is 5.73 Å². The van der Waals surface area contributed by atoms with Crippen molar-refractivity contribution in [3.8, 4) is 5.75 Å². The second-order valence-electron chi connectivity index (χ2n) is 10.1. The third-order valence-electron chi connectivity index (χ3n) is 7.72. The number of amides is 1. The molecule has 0 saturated carbocycles. The summed E-state index contributed by atoms with van der Waals surface area (Å²) >= 11 is 6.02. The Morgan fingerprint density at radius 2 is 1.72 bits per heavy atom. The Hall–Kier alpha value is -3.96. The molecule has 3 aliphatic carbocycles. The van der Waals surface area contributed by atoms with E-state index in [1.165, 1.54) is 31.1 Å². The van der Waals surface area contributed by atoms with Gasteiger partial charge in [0.15, 0.2) is 11.4 Å². The highest BCUT2D eigenvalue weighted by Gasteiger charge is 2.67. The Kier molecular flexibility index (Phi) is 6.19. The molecule has 11 heteroatoms. The topological polar surface area (TPSA) is 182 Å². The number of hydrogen-bond acceptors (Lipinski definition) is 9. The number of benzene rings is 2. The zero-order valence-electron chi connectivity index (χ0n) is 20.8. The van der Waals surface area contributed by atoms with E-state index in [1.807, 2.05) is 0 Å². The highest BCUT2D eigenvalue weighted by Crippen LogP contribution is 2.55. The van der Waals surface area contributed by atoms with Gasteiger partial charge in [0.25, 0.3) is 5.91 Å². The molecule has 0 saturated heterocycles. The van der Waals surface area contributed by atoms with Crippen molar-refractivity contribution < 1.29 is 39.9 Å². The van der Waals surface area contributed by atoms with Gasteiger partial charge in [-0.15, -0.1) is 0 Å². The monoisotopic (exact) mass is 552 g/mol. The number of hydrogen-bond donors (Lipinski definition) is 6. The van der Waals surface area contributed by atoms with Gasteiger partial charge in [-0.3, -0.25) is 19.3 Å². The van der Waals surface area contributed by atoms with E-state index in [2.05, 4.69) is 0 Å². The molecule has 0 fully saturated rings. The molecule has 10 nitrogen and oxygen atoms in total. The number of halogens is 1. The summed E-state index contributed by atoms with van der Waals surface area (Å²) in [6, 6.07) is 9.62. The molecule has 0 bridgehead atoms. The average Bonchev–Trinajstić information content (AvgIpc) is 2.86. The molecule has 7 N–H and O–H groups in total. The van der Waals surface area contributed by atoms with Crippen LogP contribution in [-0.2, 0) is 9.59 Å². The largest absolute Gasteiger partial charge is 0.510 e. The number of ketones is 2. The summed E-state index contributed by atoms with van der Waals surface area (Å²) < 4.78 is 0. The fraction of sp³-hybridized carbons (Fsp3) is 0.250. The first-order chi connectivity index (χ1) is 18.3. The predicted molar refractivity (Wildman–Crippen MR) is 141 cm³/mol. The second kappa shape index (κ2) is 9.06. The molecule has 0 aliphatic heterocycles. The zero-order chi connectivity index (χ0) is 28.5.